The molecule has 0 aliphatic carbocycles. The molecule has 2 N–H and O–H groups in total. The number of aromatic nitrogens is 2. The van der Waals surface area contributed by atoms with Crippen molar-refractivity contribution in [2.24, 2.45) is 0 Å². The van der Waals surface area contributed by atoms with Crippen LogP contribution in [0.25, 0.3) is 0 Å². The maximum atomic E-state index is 13.1. The molecule has 0 radical (unpaired) electrons. The van der Waals surface area contributed by atoms with Gasteiger partial charge in [0.1, 0.15) is 23.7 Å². The summed E-state index contributed by atoms with van der Waals surface area (Å²) in [6.45, 7) is 15.5. The van der Waals surface area contributed by atoms with Gasteiger partial charge in [-0.15, -0.1) is 0 Å². The molecule has 0 atom stereocenters. The number of carbonyl (C=O) groups excluding carboxylic acids is 2. The summed E-state index contributed by atoms with van der Waals surface area (Å²) < 4.78 is 11.5. The van der Waals surface area contributed by atoms with Crippen LogP contribution in [0.4, 0.5) is 27.7 Å². The number of carbonyl (C=O) groups is 2. The van der Waals surface area contributed by atoms with E-state index < -0.39 is 11.7 Å². The highest BCUT2D eigenvalue weighted by Crippen LogP contribution is 2.40. The average molecular weight is 655 g/mol. The van der Waals surface area contributed by atoms with E-state index in [4.69, 9.17) is 14.5 Å². The molecule has 6 heterocycles. The number of benzene rings is 1. The molecule has 0 bridgehead atoms. The molecule has 2 saturated heterocycles. The van der Waals surface area contributed by atoms with E-state index in [1.165, 1.54) is 11.1 Å². The fourth-order valence-corrected chi connectivity index (χ4v) is 6.87. The van der Waals surface area contributed by atoms with Crippen LogP contribution in [-0.2, 0) is 28.9 Å². The maximum absolute atomic E-state index is 13.1. The number of rotatable bonds is 6. The van der Waals surface area contributed by atoms with Gasteiger partial charge in [-0.05, 0) is 69.0 Å². The van der Waals surface area contributed by atoms with Gasteiger partial charge in [-0.2, -0.15) is 0 Å². The Kier molecular flexibility index (Phi) is 8.86. The maximum Gasteiger partial charge on any atom is 0.415 e. The zero-order chi connectivity index (χ0) is 33.4. The van der Waals surface area contributed by atoms with Crippen molar-refractivity contribution in [1.82, 2.24) is 25.1 Å². The van der Waals surface area contributed by atoms with Crippen molar-refractivity contribution in [3.05, 3.63) is 65.0 Å². The third kappa shape index (κ3) is 6.91. The van der Waals surface area contributed by atoms with Crippen LogP contribution < -0.4 is 25.2 Å². The summed E-state index contributed by atoms with van der Waals surface area (Å²) in [6, 6.07) is 10.8. The summed E-state index contributed by atoms with van der Waals surface area (Å²) in [6.07, 6.45) is 4.67. The van der Waals surface area contributed by atoms with Gasteiger partial charge in [0, 0.05) is 75.8 Å². The number of nitrogens with zero attached hydrogens (tertiary/aromatic N) is 6. The van der Waals surface area contributed by atoms with E-state index >= 15 is 0 Å². The van der Waals surface area contributed by atoms with Gasteiger partial charge in [0.05, 0.1) is 24.8 Å². The molecule has 1 aromatic carbocycles. The molecule has 3 aromatic rings. The van der Waals surface area contributed by atoms with E-state index in [0.717, 1.165) is 80.6 Å². The third-order valence-electron chi connectivity index (χ3n) is 9.64. The summed E-state index contributed by atoms with van der Waals surface area (Å²) in [5.41, 5.74) is 6.31. The lowest BCUT2D eigenvalue weighted by Gasteiger charge is -2.43. The Hall–Kier alpha value is -4.42. The van der Waals surface area contributed by atoms with Crippen LogP contribution in [0.1, 0.15) is 43.0 Å². The Balaban J connectivity index is 0.989. The van der Waals surface area contributed by atoms with Crippen molar-refractivity contribution in [2.75, 3.05) is 74.1 Å². The van der Waals surface area contributed by atoms with E-state index in [1.54, 1.807) is 4.90 Å². The van der Waals surface area contributed by atoms with Crippen LogP contribution in [0.3, 0.4) is 0 Å². The lowest BCUT2D eigenvalue weighted by molar-refractivity contribution is -0.132. The molecule has 0 saturated carbocycles. The second-order valence-electron chi connectivity index (χ2n) is 14.1. The van der Waals surface area contributed by atoms with Gasteiger partial charge in [-0.3, -0.25) is 14.6 Å². The van der Waals surface area contributed by atoms with E-state index in [1.807, 2.05) is 69.3 Å². The van der Waals surface area contributed by atoms with Crippen molar-refractivity contribution < 1.29 is 19.1 Å². The SMILES string of the molecule is Cc1c(N2CCc3cnc(Nc4ccc(CC(=O)N5CCN(C6CNC6)CC5)cc4)cc3C2)cnc2c1N(C(=O)OC(C)(C)C)CCO2. The molecular weight excluding hydrogens is 608 g/mol. The Morgan fingerprint density at radius 2 is 1.77 bits per heavy atom. The van der Waals surface area contributed by atoms with E-state index in [-0.39, 0.29) is 5.91 Å². The minimum atomic E-state index is -0.602. The van der Waals surface area contributed by atoms with E-state index in [2.05, 4.69) is 31.5 Å². The molecular formula is C36H46N8O4. The first-order valence-electron chi connectivity index (χ1n) is 17.1. The predicted molar refractivity (Wildman–Crippen MR) is 185 cm³/mol. The lowest BCUT2D eigenvalue weighted by Crippen LogP contribution is -2.62. The molecule has 2 fully saturated rings. The van der Waals surface area contributed by atoms with Gasteiger partial charge in [0.15, 0.2) is 0 Å². The van der Waals surface area contributed by atoms with Crippen molar-refractivity contribution in [2.45, 2.75) is 58.7 Å². The topological polar surface area (TPSA) is 115 Å². The molecule has 4 aliphatic rings. The van der Waals surface area contributed by atoms with Gasteiger partial charge in [0.25, 0.3) is 0 Å². The van der Waals surface area contributed by atoms with Crippen molar-refractivity contribution in [3.8, 4) is 5.88 Å². The number of piperazine rings is 1. The molecule has 0 unspecified atom stereocenters. The largest absolute Gasteiger partial charge is 0.474 e. The third-order valence-corrected chi connectivity index (χ3v) is 9.64. The van der Waals surface area contributed by atoms with Gasteiger partial charge < -0.3 is 29.9 Å². The minimum Gasteiger partial charge on any atom is -0.474 e. The minimum absolute atomic E-state index is 0.192. The number of hydrogen-bond acceptors (Lipinski definition) is 10. The highest BCUT2D eigenvalue weighted by atomic mass is 16.6. The van der Waals surface area contributed by atoms with Crippen molar-refractivity contribution in [3.63, 3.8) is 0 Å². The standard InChI is InChI=1S/C36H46N8O4/c1-24-30(22-39-34-33(24)44(15-16-47-34)35(46)48-36(2,3)4)43-10-9-26-19-38-31(18-27(26)23-43)40-28-7-5-25(6-8-28)17-32(45)42-13-11-41(12-14-42)29-20-37-21-29/h5-8,18-19,22,29,37H,9-17,20-21,23H2,1-4H3,(H,38,40). The van der Waals surface area contributed by atoms with E-state index in [0.29, 0.717) is 43.7 Å². The Morgan fingerprint density at radius 1 is 1.00 bits per heavy atom. The highest BCUT2D eigenvalue weighted by molar-refractivity contribution is 5.92. The average Bonchev–Trinajstić information content (AvgIpc) is 3.04. The monoisotopic (exact) mass is 654 g/mol. The van der Waals surface area contributed by atoms with Gasteiger partial charge in [-0.25, -0.2) is 14.8 Å². The number of nitrogens with one attached hydrogen (secondary N) is 2. The Morgan fingerprint density at radius 3 is 2.48 bits per heavy atom. The molecule has 7 rings (SSSR count). The predicted octanol–water partition coefficient (Wildman–Crippen LogP) is 3.88. The first-order valence-corrected chi connectivity index (χ1v) is 17.1. The Bertz CT molecular complexity index is 1660. The zero-order valence-corrected chi connectivity index (χ0v) is 28.4. The van der Waals surface area contributed by atoms with Crippen LogP contribution in [0.5, 0.6) is 5.88 Å². The number of ether oxygens (including phenoxy) is 2. The van der Waals surface area contributed by atoms with Crippen molar-refractivity contribution >= 4 is 34.9 Å². The summed E-state index contributed by atoms with van der Waals surface area (Å²) in [5.74, 6) is 1.41. The Labute approximate surface area is 282 Å². The van der Waals surface area contributed by atoms with Crippen LogP contribution in [0.15, 0.2) is 42.7 Å². The fraction of sp³-hybridized carbons (Fsp3) is 0.500. The van der Waals surface area contributed by atoms with Gasteiger partial charge >= 0.3 is 6.09 Å². The normalized spacial score (nSPS) is 18.4. The molecule has 12 nitrogen and oxygen atoms in total. The lowest BCUT2D eigenvalue weighted by atomic mass is 10.0. The molecule has 4 aliphatic heterocycles. The summed E-state index contributed by atoms with van der Waals surface area (Å²) >= 11 is 0. The van der Waals surface area contributed by atoms with Gasteiger partial charge in [-0.1, -0.05) is 12.1 Å². The van der Waals surface area contributed by atoms with Gasteiger partial charge in [0.2, 0.25) is 11.8 Å². The van der Waals surface area contributed by atoms with Crippen molar-refractivity contribution in [1.29, 1.82) is 0 Å². The molecule has 0 spiro atoms. The number of anilines is 4. The summed E-state index contributed by atoms with van der Waals surface area (Å²) in [7, 11) is 0. The molecule has 12 heteroatoms. The van der Waals surface area contributed by atoms with Crippen LogP contribution in [0.2, 0.25) is 0 Å². The number of hydrogen-bond donors (Lipinski definition) is 2. The van der Waals surface area contributed by atoms with E-state index in [9.17, 15) is 9.59 Å². The zero-order valence-electron chi connectivity index (χ0n) is 28.4. The summed E-state index contributed by atoms with van der Waals surface area (Å²) in [5, 5.41) is 6.78. The van der Waals surface area contributed by atoms with Crippen LogP contribution in [0, 0.1) is 6.92 Å². The molecule has 2 aromatic heterocycles. The summed E-state index contributed by atoms with van der Waals surface area (Å²) in [4.78, 5) is 43.9. The number of fused-ring (bicyclic) bond motifs is 2. The highest BCUT2D eigenvalue weighted by Gasteiger charge is 2.33. The quantitative estimate of drug-likeness (QED) is 0.406. The molecule has 48 heavy (non-hydrogen) atoms. The fourth-order valence-electron chi connectivity index (χ4n) is 6.87. The number of pyridine rings is 2. The second kappa shape index (κ2) is 13.2. The van der Waals surface area contributed by atoms with Crippen LogP contribution >= 0.6 is 0 Å². The molecule has 254 valence electrons. The smallest absolute Gasteiger partial charge is 0.415 e. The first kappa shape index (κ1) is 32.1. The molecule has 2 amide bonds. The van der Waals surface area contributed by atoms with Crippen LogP contribution in [-0.4, -0.2) is 102 Å². The first-order chi connectivity index (χ1) is 23.1. The number of amides is 2. The second-order valence-corrected chi connectivity index (χ2v) is 14.1.